The zero-order chi connectivity index (χ0) is 14.2. The summed E-state index contributed by atoms with van der Waals surface area (Å²) in [6.07, 6.45) is 8.16. The molecular formula is C13H16N2O4S. The highest BCUT2D eigenvalue weighted by molar-refractivity contribution is 7.96. The molecule has 2 unspecified atom stereocenters. The van der Waals surface area contributed by atoms with Gasteiger partial charge in [0.05, 0.1) is 6.61 Å². The minimum absolute atomic E-state index is 0.0362. The molecule has 1 aliphatic rings. The van der Waals surface area contributed by atoms with Crippen molar-refractivity contribution >= 4 is 16.1 Å². The molecule has 0 aliphatic carbocycles. The fraction of sp³-hybridized carbons (Fsp3) is 0.385. The van der Waals surface area contributed by atoms with Crippen LogP contribution < -0.4 is 0 Å². The minimum Gasteiger partial charge on any atom is -0.387 e. The van der Waals surface area contributed by atoms with E-state index in [1.807, 2.05) is 12.1 Å². The SMILES string of the molecule is O=S(O)C1=NOC(CCCOCc2cccnc2)C=C1. The Balaban J connectivity index is 1.59. The van der Waals surface area contributed by atoms with Gasteiger partial charge in [-0.15, -0.1) is 0 Å². The van der Waals surface area contributed by atoms with E-state index in [9.17, 15) is 4.21 Å². The summed E-state index contributed by atoms with van der Waals surface area (Å²) in [5, 5.41) is 3.62. The summed E-state index contributed by atoms with van der Waals surface area (Å²) in [6.45, 7) is 1.16. The van der Waals surface area contributed by atoms with Crippen LogP contribution in [0.25, 0.3) is 0 Å². The van der Waals surface area contributed by atoms with Gasteiger partial charge in [0.1, 0.15) is 6.10 Å². The molecule has 7 heteroatoms. The predicted octanol–water partition coefficient (Wildman–Crippen LogP) is 1.87. The number of nitrogens with zero attached hydrogens (tertiary/aromatic N) is 2. The molecular weight excluding hydrogens is 280 g/mol. The highest BCUT2D eigenvalue weighted by Crippen LogP contribution is 2.11. The Morgan fingerprint density at radius 2 is 2.40 bits per heavy atom. The van der Waals surface area contributed by atoms with E-state index in [0.29, 0.717) is 13.2 Å². The summed E-state index contributed by atoms with van der Waals surface area (Å²) in [7, 11) is 0. The number of pyridine rings is 1. The van der Waals surface area contributed by atoms with Gasteiger partial charge >= 0.3 is 0 Å². The van der Waals surface area contributed by atoms with Gasteiger partial charge in [-0.2, -0.15) is 0 Å². The molecule has 0 aromatic carbocycles. The molecule has 0 saturated heterocycles. The van der Waals surface area contributed by atoms with Gasteiger partial charge in [-0.25, -0.2) is 4.21 Å². The van der Waals surface area contributed by atoms with Crippen LogP contribution in [-0.2, 0) is 27.3 Å². The van der Waals surface area contributed by atoms with Gasteiger partial charge in [-0.1, -0.05) is 11.2 Å². The van der Waals surface area contributed by atoms with E-state index in [1.165, 1.54) is 6.08 Å². The molecule has 0 bridgehead atoms. The topological polar surface area (TPSA) is 81.0 Å². The predicted molar refractivity (Wildman–Crippen MR) is 75.3 cm³/mol. The van der Waals surface area contributed by atoms with E-state index < -0.39 is 11.1 Å². The van der Waals surface area contributed by atoms with Crippen LogP contribution in [0.1, 0.15) is 18.4 Å². The molecule has 108 valence electrons. The summed E-state index contributed by atoms with van der Waals surface area (Å²) < 4.78 is 25.0. The van der Waals surface area contributed by atoms with E-state index >= 15 is 0 Å². The molecule has 0 spiro atoms. The second kappa shape index (κ2) is 7.88. The van der Waals surface area contributed by atoms with Crippen molar-refractivity contribution in [3.8, 4) is 0 Å². The second-order valence-electron chi connectivity index (χ2n) is 4.24. The Hall–Kier alpha value is -1.57. The van der Waals surface area contributed by atoms with E-state index in [0.717, 1.165) is 18.4 Å². The largest absolute Gasteiger partial charge is 0.387 e. The van der Waals surface area contributed by atoms with Gasteiger partial charge in [0.2, 0.25) is 11.1 Å². The molecule has 1 aromatic heterocycles. The molecule has 2 heterocycles. The van der Waals surface area contributed by atoms with Crippen molar-refractivity contribution in [1.82, 2.24) is 4.98 Å². The van der Waals surface area contributed by atoms with E-state index in [-0.39, 0.29) is 11.1 Å². The Morgan fingerprint density at radius 1 is 1.50 bits per heavy atom. The highest BCUT2D eigenvalue weighted by atomic mass is 32.2. The second-order valence-corrected chi connectivity index (χ2v) is 5.15. The zero-order valence-corrected chi connectivity index (χ0v) is 11.7. The number of rotatable bonds is 6. The fourth-order valence-corrected chi connectivity index (χ4v) is 1.98. The zero-order valence-electron chi connectivity index (χ0n) is 10.8. The van der Waals surface area contributed by atoms with Gasteiger partial charge < -0.3 is 14.1 Å². The van der Waals surface area contributed by atoms with Crippen LogP contribution in [0.2, 0.25) is 0 Å². The molecule has 0 radical (unpaired) electrons. The average Bonchev–Trinajstić information content (AvgIpc) is 2.48. The van der Waals surface area contributed by atoms with Crippen molar-refractivity contribution in [1.29, 1.82) is 0 Å². The first-order valence-corrected chi connectivity index (χ1v) is 7.36. The summed E-state index contributed by atoms with van der Waals surface area (Å²) in [5.41, 5.74) is 1.04. The molecule has 0 saturated carbocycles. The van der Waals surface area contributed by atoms with Crippen LogP contribution in [0.5, 0.6) is 0 Å². The van der Waals surface area contributed by atoms with Crippen LogP contribution in [0.15, 0.2) is 41.8 Å². The van der Waals surface area contributed by atoms with Crippen molar-refractivity contribution in [3.05, 3.63) is 42.2 Å². The molecule has 1 aromatic rings. The summed E-state index contributed by atoms with van der Waals surface area (Å²) in [5.74, 6) is 0. The number of ether oxygens (including phenoxy) is 1. The molecule has 0 amide bonds. The quantitative estimate of drug-likeness (QED) is 0.640. The maximum atomic E-state index is 10.7. The first kappa shape index (κ1) is 14.8. The number of hydrogen-bond donors (Lipinski definition) is 1. The highest BCUT2D eigenvalue weighted by Gasteiger charge is 2.14. The van der Waals surface area contributed by atoms with Gasteiger partial charge in [0.25, 0.3) is 0 Å². The average molecular weight is 296 g/mol. The van der Waals surface area contributed by atoms with Gasteiger partial charge in [-0.05, 0) is 36.6 Å². The molecule has 20 heavy (non-hydrogen) atoms. The first-order chi connectivity index (χ1) is 9.75. The number of aromatic nitrogens is 1. The third-order valence-electron chi connectivity index (χ3n) is 2.68. The standard InChI is InChI=1S/C13H16N2O4S/c16-20(17)13-6-5-12(19-15-13)4-2-8-18-10-11-3-1-7-14-9-11/h1,3,5-7,9,12H,2,4,8,10H2,(H,16,17). The molecule has 1 aliphatic heterocycles. The van der Waals surface area contributed by atoms with Gasteiger partial charge in [-0.3, -0.25) is 4.98 Å². The molecule has 2 rings (SSSR count). The van der Waals surface area contributed by atoms with Crippen LogP contribution >= 0.6 is 0 Å². The Bertz CT molecular complexity index is 504. The molecule has 6 nitrogen and oxygen atoms in total. The lowest BCUT2D eigenvalue weighted by atomic mass is 10.2. The van der Waals surface area contributed by atoms with E-state index in [4.69, 9.17) is 14.1 Å². The summed E-state index contributed by atoms with van der Waals surface area (Å²) >= 11 is -2.09. The van der Waals surface area contributed by atoms with Gasteiger partial charge in [0, 0.05) is 19.0 Å². The van der Waals surface area contributed by atoms with Crippen LogP contribution in [0, 0.1) is 0 Å². The smallest absolute Gasteiger partial charge is 0.209 e. The van der Waals surface area contributed by atoms with Crippen molar-refractivity contribution in [2.75, 3.05) is 6.61 Å². The third-order valence-corrected chi connectivity index (χ3v) is 3.25. The van der Waals surface area contributed by atoms with Crippen LogP contribution in [0.4, 0.5) is 0 Å². The molecule has 1 N–H and O–H groups in total. The number of oxime groups is 1. The van der Waals surface area contributed by atoms with Crippen molar-refractivity contribution in [2.45, 2.75) is 25.6 Å². The fourth-order valence-electron chi connectivity index (χ4n) is 1.67. The van der Waals surface area contributed by atoms with Crippen LogP contribution in [-0.4, -0.2) is 31.5 Å². The monoisotopic (exact) mass is 296 g/mol. The Kier molecular flexibility index (Phi) is 5.85. The minimum atomic E-state index is -2.09. The lowest BCUT2D eigenvalue weighted by molar-refractivity contribution is 0.0656. The van der Waals surface area contributed by atoms with Crippen molar-refractivity contribution in [3.63, 3.8) is 0 Å². The van der Waals surface area contributed by atoms with Crippen LogP contribution in [0.3, 0.4) is 0 Å². The van der Waals surface area contributed by atoms with Crippen molar-refractivity contribution < 1.29 is 18.3 Å². The van der Waals surface area contributed by atoms with Gasteiger partial charge in [0.15, 0.2) is 5.04 Å². The third kappa shape index (κ3) is 4.84. The summed E-state index contributed by atoms with van der Waals surface area (Å²) in [4.78, 5) is 9.11. The maximum Gasteiger partial charge on any atom is 0.209 e. The lowest BCUT2D eigenvalue weighted by Gasteiger charge is -2.14. The van der Waals surface area contributed by atoms with Crippen molar-refractivity contribution in [2.24, 2.45) is 5.16 Å². The first-order valence-electron chi connectivity index (χ1n) is 6.25. The normalized spacial score (nSPS) is 19.2. The van der Waals surface area contributed by atoms with E-state index in [1.54, 1.807) is 18.5 Å². The molecule has 0 fully saturated rings. The Labute approximate surface area is 119 Å². The van der Waals surface area contributed by atoms with E-state index in [2.05, 4.69) is 10.1 Å². The maximum absolute atomic E-state index is 10.7. The molecule has 2 atom stereocenters. The number of hydrogen-bond acceptors (Lipinski definition) is 5. The Morgan fingerprint density at radius 3 is 3.05 bits per heavy atom. The lowest BCUT2D eigenvalue weighted by Crippen LogP contribution is -2.16. The summed E-state index contributed by atoms with van der Waals surface area (Å²) in [6, 6.07) is 3.84.